The number of hydrogen-bond donors (Lipinski definition) is 3. The van der Waals surface area contributed by atoms with E-state index in [0.717, 1.165) is 0 Å². The van der Waals surface area contributed by atoms with E-state index >= 15 is 0 Å². The Balaban J connectivity index is 2.52. The van der Waals surface area contributed by atoms with Gasteiger partial charge in [-0.1, -0.05) is 0 Å². The van der Waals surface area contributed by atoms with Gasteiger partial charge in [0.25, 0.3) is 0 Å². The second-order valence-electron chi connectivity index (χ2n) is 2.57. The molecule has 0 aliphatic carbocycles. The van der Waals surface area contributed by atoms with Gasteiger partial charge in [0.05, 0.1) is 18.8 Å². The van der Waals surface area contributed by atoms with Crippen LogP contribution in [-0.2, 0) is 9.47 Å². The molecule has 0 unspecified atom stereocenters. The molecular formula is C6H13NO4. The molecule has 0 spiro atoms. The van der Waals surface area contributed by atoms with Crippen molar-refractivity contribution in [3.63, 3.8) is 0 Å². The van der Waals surface area contributed by atoms with Gasteiger partial charge in [-0.3, -0.25) is 0 Å². The minimum Gasteiger partial charge on any atom is -0.389 e. The number of hydrogen-bond acceptors (Lipinski definition) is 5. The lowest BCUT2D eigenvalue weighted by atomic mass is 10.0. The maximum atomic E-state index is 9.27. The normalized spacial score (nSPS) is 45.8. The van der Waals surface area contributed by atoms with E-state index < -0.39 is 24.5 Å². The maximum Gasteiger partial charge on any atom is 0.184 e. The van der Waals surface area contributed by atoms with E-state index in [-0.39, 0.29) is 6.61 Å². The standard InChI is InChI=1S/C6H13NO4/c1-10-6-5(9)4(7)3(8)2-11-6/h3-6,8-9H,2,7H2,1H3/t3-,4+,5-,6-/m1/s1. The van der Waals surface area contributed by atoms with Crippen molar-refractivity contribution in [2.75, 3.05) is 13.7 Å². The van der Waals surface area contributed by atoms with Crippen molar-refractivity contribution in [2.24, 2.45) is 5.73 Å². The van der Waals surface area contributed by atoms with Gasteiger partial charge in [0.2, 0.25) is 0 Å². The molecule has 5 heteroatoms. The minimum absolute atomic E-state index is 0.108. The summed E-state index contributed by atoms with van der Waals surface area (Å²) in [5.74, 6) is 0. The predicted octanol–water partition coefficient (Wildman–Crippen LogP) is -1.96. The summed E-state index contributed by atoms with van der Waals surface area (Å²) in [5, 5.41) is 18.4. The van der Waals surface area contributed by atoms with Crippen LogP contribution in [0.1, 0.15) is 0 Å². The first kappa shape index (κ1) is 8.89. The third-order valence-electron chi connectivity index (χ3n) is 1.78. The molecule has 0 bridgehead atoms. The van der Waals surface area contributed by atoms with Gasteiger partial charge in [0, 0.05) is 7.11 Å². The fraction of sp³-hybridized carbons (Fsp3) is 1.00. The molecule has 5 nitrogen and oxygen atoms in total. The van der Waals surface area contributed by atoms with Gasteiger partial charge >= 0.3 is 0 Å². The van der Waals surface area contributed by atoms with Crippen LogP contribution >= 0.6 is 0 Å². The highest BCUT2D eigenvalue weighted by atomic mass is 16.7. The van der Waals surface area contributed by atoms with Gasteiger partial charge in [-0.2, -0.15) is 0 Å². The highest BCUT2D eigenvalue weighted by Gasteiger charge is 2.36. The van der Waals surface area contributed by atoms with Crippen LogP contribution in [0.15, 0.2) is 0 Å². The quantitative estimate of drug-likeness (QED) is 0.418. The lowest BCUT2D eigenvalue weighted by Gasteiger charge is -2.34. The summed E-state index contributed by atoms with van der Waals surface area (Å²) in [5.41, 5.74) is 5.43. The van der Waals surface area contributed by atoms with Crippen LogP contribution in [0.25, 0.3) is 0 Å². The van der Waals surface area contributed by atoms with Crippen molar-refractivity contribution in [2.45, 2.75) is 24.5 Å². The molecule has 0 saturated carbocycles. The van der Waals surface area contributed by atoms with E-state index in [1.54, 1.807) is 0 Å². The Kier molecular flexibility index (Phi) is 2.80. The Labute approximate surface area is 64.7 Å². The van der Waals surface area contributed by atoms with Crippen LogP contribution in [-0.4, -0.2) is 48.5 Å². The summed E-state index contributed by atoms with van der Waals surface area (Å²) in [7, 11) is 1.41. The maximum absolute atomic E-state index is 9.27. The largest absolute Gasteiger partial charge is 0.389 e. The zero-order valence-electron chi connectivity index (χ0n) is 6.30. The van der Waals surface area contributed by atoms with Crippen LogP contribution < -0.4 is 5.73 Å². The van der Waals surface area contributed by atoms with Gasteiger partial charge in [0.1, 0.15) is 6.10 Å². The molecule has 4 N–H and O–H groups in total. The topological polar surface area (TPSA) is 84.9 Å². The molecule has 0 amide bonds. The van der Waals surface area contributed by atoms with Crippen molar-refractivity contribution in [1.82, 2.24) is 0 Å². The third kappa shape index (κ3) is 1.69. The van der Waals surface area contributed by atoms with Crippen LogP contribution in [0, 0.1) is 0 Å². The molecule has 0 aromatic heterocycles. The van der Waals surface area contributed by atoms with Gasteiger partial charge in [-0.15, -0.1) is 0 Å². The molecular weight excluding hydrogens is 150 g/mol. The second-order valence-corrected chi connectivity index (χ2v) is 2.57. The van der Waals surface area contributed by atoms with E-state index in [9.17, 15) is 5.11 Å². The van der Waals surface area contributed by atoms with E-state index in [4.69, 9.17) is 20.3 Å². The summed E-state index contributed by atoms with van der Waals surface area (Å²) in [6, 6.07) is -0.686. The van der Waals surface area contributed by atoms with Crippen molar-refractivity contribution < 1.29 is 19.7 Å². The Hall–Kier alpha value is -0.200. The van der Waals surface area contributed by atoms with Crippen LogP contribution in [0.5, 0.6) is 0 Å². The van der Waals surface area contributed by atoms with Crippen molar-refractivity contribution >= 4 is 0 Å². The molecule has 1 heterocycles. The van der Waals surface area contributed by atoms with E-state index in [0.29, 0.717) is 0 Å². The molecule has 0 aromatic carbocycles. The molecule has 0 aromatic rings. The highest BCUT2D eigenvalue weighted by molar-refractivity contribution is 4.85. The predicted molar refractivity (Wildman–Crippen MR) is 36.7 cm³/mol. The number of aliphatic hydroxyl groups is 2. The van der Waals surface area contributed by atoms with Crippen molar-refractivity contribution in [3.05, 3.63) is 0 Å². The summed E-state index contributed by atoms with van der Waals surface area (Å²) in [4.78, 5) is 0. The number of ether oxygens (including phenoxy) is 2. The Morgan fingerprint density at radius 2 is 2.18 bits per heavy atom. The molecule has 1 rings (SSSR count). The van der Waals surface area contributed by atoms with E-state index in [1.165, 1.54) is 7.11 Å². The second kappa shape index (κ2) is 3.46. The van der Waals surface area contributed by atoms with Crippen LogP contribution in [0.3, 0.4) is 0 Å². The third-order valence-corrected chi connectivity index (χ3v) is 1.78. The summed E-state index contributed by atoms with van der Waals surface area (Å²) in [6.45, 7) is 0.108. The Bertz CT molecular complexity index is 130. The van der Waals surface area contributed by atoms with Crippen molar-refractivity contribution in [1.29, 1.82) is 0 Å². The monoisotopic (exact) mass is 163 g/mol. The van der Waals surface area contributed by atoms with E-state index in [1.807, 2.05) is 0 Å². The lowest BCUT2D eigenvalue weighted by molar-refractivity contribution is -0.231. The summed E-state index contributed by atoms with van der Waals surface area (Å²) in [6.07, 6.45) is -2.48. The zero-order chi connectivity index (χ0) is 8.43. The number of aliphatic hydroxyl groups excluding tert-OH is 2. The Morgan fingerprint density at radius 3 is 2.73 bits per heavy atom. The average Bonchev–Trinajstić information content (AvgIpc) is 2.01. The molecule has 1 saturated heterocycles. The SMILES string of the molecule is CO[C@@H]1OC[C@@H](O)[C@H](N)[C@H]1O. The van der Waals surface area contributed by atoms with Crippen LogP contribution in [0.4, 0.5) is 0 Å². The fourth-order valence-electron chi connectivity index (χ4n) is 1.02. The molecule has 1 fully saturated rings. The number of rotatable bonds is 1. The smallest absolute Gasteiger partial charge is 0.184 e. The van der Waals surface area contributed by atoms with Gasteiger partial charge in [0.15, 0.2) is 6.29 Å². The first-order valence-electron chi connectivity index (χ1n) is 3.43. The van der Waals surface area contributed by atoms with Gasteiger partial charge in [-0.25, -0.2) is 0 Å². The lowest BCUT2D eigenvalue weighted by Crippen LogP contribution is -2.57. The van der Waals surface area contributed by atoms with Gasteiger partial charge < -0.3 is 25.4 Å². The molecule has 1 aliphatic rings. The molecule has 0 radical (unpaired) electrons. The molecule has 11 heavy (non-hydrogen) atoms. The average molecular weight is 163 g/mol. The number of nitrogens with two attached hydrogens (primary N) is 1. The summed E-state index contributed by atoms with van der Waals surface area (Å²) < 4.78 is 9.68. The molecule has 1 aliphatic heterocycles. The first-order chi connectivity index (χ1) is 5.16. The minimum atomic E-state index is -0.955. The molecule has 66 valence electrons. The van der Waals surface area contributed by atoms with Gasteiger partial charge in [-0.05, 0) is 0 Å². The van der Waals surface area contributed by atoms with Crippen molar-refractivity contribution in [3.8, 4) is 0 Å². The fourth-order valence-corrected chi connectivity index (χ4v) is 1.02. The van der Waals surface area contributed by atoms with E-state index in [2.05, 4.69) is 0 Å². The summed E-state index contributed by atoms with van der Waals surface area (Å²) >= 11 is 0. The number of methoxy groups -OCH3 is 1. The first-order valence-corrected chi connectivity index (χ1v) is 3.43. The zero-order valence-corrected chi connectivity index (χ0v) is 6.30. The Morgan fingerprint density at radius 1 is 1.55 bits per heavy atom. The molecule has 4 atom stereocenters. The van der Waals surface area contributed by atoms with Crippen LogP contribution in [0.2, 0.25) is 0 Å². The highest BCUT2D eigenvalue weighted by Crippen LogP contribution is 2.13.